The highest BCUT2D eigenvalue weighted by Crippen LogP contribution is 2.30. The van der Waals surface area contributed by atoms with Crippen molar-refractivity contribution in [2.45, 2.75) is 33.1 Å². The van der Waals surface area contributed by atoms with Crippen LogP contribution in [0.25, 0.3) is 0 Å². The third-order valence-electron chi connectivity index (χ3n) is 2.14. The molecular formula is C10H19NOS. The number of carbonyl (C=O) groups excluding carboxylic acids is 1. The smallest absolute Gasteiger partial charge is 0.233 e. The highest BCUT2D eigenvalue weighted by molar-refractivity contribution is 8.01. The molecule has 0 aromatic carbocycles. The SMILES string of the molecule is CC(C)CN1C(=O)CSC1C(C)C. The standard InChI is InChI=1S/C10H19NOS/c1-7(2)5-11-9(12)6-13-10(11)8(3)4/h7-8,10H,5-6H2,1-4H3. The fourth-order valence-electron chi connectivity index (χ4n) is 1.62. The molecule has 0 radical (unpaired) electrons. The summed E-state index contributed by atoms with van der Waals surface area (Å²) in [5, 5.41) is 0.412. The largest absolute Gasteiger partial charge is 0.329 e. The van der Waals surface area contributed by atoms with E-state index in [1.807, 2.05) is 4.90 Å². The van der Waals surface area contributed by atoms with Crippen molar-refractivity contribution >= 4 is 17.7 Å². The minimum Gasteiger partial charge on any atom is -0.329 e. The van der Waals surface area contributed by atoms with E-state index in [9.17, 15) is 4.79 Å². The topological polar surface area (TPSA) is 20.3 Å². The summed E-state index contributed by atoms with van der Waals surface area (Å²) in [6, 6.07) is 0. The predicted octanol–water partition coefficient (Wildman–Crippen LogP) is 2.20. The van der Waals surface area contributed by atoms with E-state index in [0.29, 0.717) is 28.9 Å². The fraction of sp³-hybridized carbons (Fsp3) is 0.900. The molecular weight excluding hydrogens is 182 g/mol. The first-order valence-corrected chi connectivity index (χ1v) is 5.98. The summed E-state index contributed by atoms with van der Waals surface area (Å²) in [6.45, 7) is 9.60. The van der Waals surface area contributed by atoms with Gasteiger partial charge in [-0.3, -0.25) is 4.79 Å². The molecule has 2 nitrogen and oxygen atoms in total. The van der Waals surface area contributed by atoms with Crippen LogP contribution in [0.5, 0.6) is 0 Å². The van der Waals surface area contributed by atoms with Crippen molar-refractivity contribution in [1.29, 1.82) is 0 Å². The van der Waals surface area contributed by atoms with E-state index in [4.69, 9.17) is 0 Å². The zero-order valence-corrected chi connectivity index (χ0v) is 9.73. The summed E-state index contributed by atoms with van der Waals surface area (Å²) in [5.74, 6) is 2.13. The summed E-state index contributed by atoms with van der Waals surface area (Å²) in [6.07, 6.45) is 0. The number of nitrogens with zero attached hydrogens (tertiary/aromatic N) is 1. The summed E-state index contributed by atoms with van der Waals surface area (Å²) in [4.78, 5) is 13.6. The maximum Gasteiger partial charge on any atom is 0.233 e. The van der Waals surface area contributed by atoms with Crippen molar-refractivity contribution in [1.82, 2.24) is 4.90 Å². The molecule has 0 aromatic rings. The first kappa shape index (κ1) is 10.9. The van der Waals surface area contributed by atoms with Crippen molar-refractivity contribution in [2.24, 2.45) is 11.8 Å². The van der Waals surface area contributed by atoms with Gasteiger partial charge in [0, 0.05) is 6.54 Å². The second-order valence-corrected chi connectivity index (χ2v) is 5.49. The molecule has 1 saturated heterocycles. The Kier molecular flexibility index (Phi) is 3.65. The predicted molar refractivity (Wildman–Crippen MR) is 57.6 cm³/mol. The van der Waals surface area contributed by atoms with Crippen LogP contribution in [0.3, 0.4) is 0 Å². The lowest BCUT2D eigenvalue weighted by molar-refractivity contribution is -0.129. The molecule has 1 atom stereocenters. The second-order valence-electron chi connectivity index (χ2n) is 4.39. The molecule has 1 aliphatic heterocycles. The Labute approximate surface area is 85.1 Å². The van der Waals surface area contributed by atoms with Crippen molar-refractivity contribution in [3.63, 3.8) is 0 Å². The molecule has 0 saturated carbocycles. The molecule has 1 fully saturated rings. The molecule has 0 N–H and O–H groups in total. The van der Waals surface area contributed by atoms with Crippen LogP contribution >= 0.6 is 11.8 Å². The van der Waals surface area contributed by atoms with E-state index in [2.05, 4.69) is 27.7 Å². The van der Waals surface area contributed by atoms with Crippen molar-refractivity contribution in [3.05, 3.63) is 0 Å². The van der Waals surface area contributed by atoms with Gasteiger partial charge >= 0.3 is 0 Å². The maximum atomic E-state index is 11.5. The maximum absolute atomic E-state index is 11.5. The molecule has 0 aliphatic carbocycles. The van der Waals surface area contributed by atoms with Crippen molar-refractivity contribution < 1.29 is 4.79 Å². The van der Waals surface area contributed by atoms with Crippen LogP contribution in [0.4, 0.5) is 0 Å². The molecule has 0 spiro atoms. The Bertz CT molecular complexity index is 191. The molecule has 0 aromatic heterocycles. The molecule has 1 heterocycles. The summed E-state index contributed by atoms with van der Waals surface area (Å²) >= 11 is 1.79. The minimum atomic E-state index is 0.317. The van der Waals surface area contributed by atoms with Gasteiger partial charge in [-0.05, 0) is 11.8 Å². The van der Waals surface area contributed by atoms with Crippen LogP contribution in [-0.2, 0) is 4.79 Å². The first-order valence-electron chi connectivity index (χ1n) is 4.93. The van der Waals surface area contributed by atoms with Gasteiger partial charge in [-0.25, -0.2) is 0 Å². The molecule has 3 heteroatoms. The third-order valence-corrected chi connectivity index (χ3v) is 3.69. The molecule has 1 unspecified atom stereocenters. The Morgan fingerprint density at radius 1 is 1.46 bits per heavy atom. The lowest BCUT2D eigenvalue weighted by Gasteiger charge is -2.28. The van der Waals surface area contributed by atoms with Gasteiger partial charge in [0.15, 0.2) is 0 Å². The Morgan fingerprint density at radius 2 is 2.08 bits per heavy atom. The lowest BCUT2D eigenvalue weighted by atomic mass is 10.1. The van der Waals surface area contributed by atoms with Crippen LogP contribution in [0.15, 0.2) is 0 Å². The van der Waals surface area contributed by atoms with Gasteiger partial charge in [0.05, 0.1) is 11.1 Å². The van der Waals surface area contributed by atoms with Gasteiger partial charge < -0.3 is 4.90 Å². The van der Waals surface area contributed by atoms with E-state index < -0.39 is 0 Å². The monoisotopic (exact) mass is 201 g/mol. The molecule has 76 valence electrons. The average Bonchev–Trinajstić information content (AvgIpc) is 2.32. The number of hydrogen-bond donors (Lipinski definition) is 0. The molecule has 13 heavy (non-hydrogen) atoms. The van der Waals surface area contributed by atoms with E-state index in [1.54, 1.807) is 11.8 Å². The van der Waals surface area contributed by atoms with E-state index >= 15 is 0 Å². The highest BCUT2D eigenvalue weighted by Gasteiger charge is 2.33. The molecule has 0 bridgehead atoms. The Hall–Kier alpha value is -0.180. The minimum absolute atomic E-state index is 0.317. The second kappa shape index (κ2) is 4.36. The van der Waals surface area contributed by atoms with E-state index in [-0.39, 0.29) is 0 Å². The van der Waals surface area contributed by atoms with Crippen LogP contribution < -0.4 is 0 Å². The quantitative estimate of drug-likeness (QED) is 0.697. The normalized spacial score (nSPS) is 23.7. The molecule has 1 amide bonds. The van der Waals surface area contributed by atoms with Gasteiger partial charge in [-0.2, -0.15) is 0 Å². The van der Waals surface area contributed by atoms with Gasteiger partial charge in [0.2, 0.25) is 5.91 Å². The Balaban J connectivity index is 2.60. The van der Waals surface area contributed by atoms with E-state index in [0.717, 1.165) is 6.54 Å². The van der Waals surface area contributed by atoms with E-state index in [1.165, 1.54) is 0 Å². The van der Waals surface area contributed by atoms with Crippen LogP contribution in [0, 0.1) is 11.8 Å². The average molecular weight is 201 g/mol. The number of rotatable bonds is 3. The van der Waals surface area contributed by atoms with Gasteiger partial charge in [0.25, 0.3) is 0 Å². The number of thioether (sulfide) groups is 1. The van der Waals surface area contributed by atoms with Gasteiger partial charge in [-0.15, -0.1) is 11.8 Å². The molecule has 1 aliphatic rings. The summed E-state index contributed by atoms with van der Waals surface area (Å²) in [5.41, 5.74) is 0. The lowest BCUT2D eigenvalue weighted by Crippen LogP contribution is -2.38. The third kappa shape index (κ3) is 2.63. The van der Waals surface area contributed by atoms with Crippen molar-refractivity contribution in [2.75, 3.05) is 12.3 Å². The van der Waals surface area contributed by atoms with Gasteiger partial charge in [-0.1, -0.05) is 27.7 Å². The summed E-state index contributed by atoms with van der Waals surface area (Å²) in [7, 11) is 0. The highest BCUT2D eigenvalue weighted by atomic mass is 32.2. The zero-order valence-electron chi connectivity index (χ0n) is 8.91. The Morgan fingerprint density at radius 3 is 2.54 bits per heavy atom. The zero-order chi connectivity index (χ0) is 10.0. The van der Waals surface area contributed by atoms with Crippen LogP contribution in [0.2, 0.25) is 0 Å². The number of amides is 1. The number of hydrogen-bond acceptors (Lipinski definition) is 2. The van der Waals surface area contributed by atoms with Crippen molar-refractivity contribution in [3.8, 4) is 0 Å². The number of carbonyl (C=O) groups is 1. The first-order chi connectivity index (χ1) is 6.02. The fourth-order valence-corrected chi connectivity index (χ4v) is 2.87. The molecule has 1 rings (SSSR count). The summed E-state index contributed by atoms with van der Waals surface area (Å²) < 4.78 is 0. The van der Waals surface area contributed by atoms with Gasteiger partial charge in [0.1, 0.15) is 0 Å². The van der Waals surface area contributed by atoms with Crippen LogP contribution in [-0.4, -0.2) is 28.5 Å². The van der Waals surface area contributed by atoms with Crippen LogP contribution in [0.1, 0.15) is 27.7 Å².